The monoisotopic (exact) mass is 328 g/mol. The van der Waals surface area contributed by atoms with Crippen molar-refractivity contribution >= 4 is 11.6 Å². The maximum atomic E-state index is 6.23. The van der Waals surface area contributed by atoms with Gasteiger partial charge in [0.1, 0.15) is 18.1 Å². The Kier molecular flexibility index (Phi) is 5.24. The van der Waals surface area contributed by atoms with Crippen LogP contribution in [0.15, 0.2) is 60.7 Å². The summed E-state index contributed by atoms with van der Waals surface area (Å²) in [6, 6.07) is 15.7. The smallest absolute Gasteiger partial charge is 0.142 e. The molecule has 2 nitrogen and oxygen atoms in total. The predicted molar refractivity (Wildman–Crippen MR) is 94.3 cm³/mol. The zero-order chi connectivity index (χ0) is 16.1. The van der Waals surface area contributed by atoms with E-state index in [1.54, 1.807) is 0 Å². The van der Waals surface area contributed by atoms with E-state index in [-0.39, 0.29) is 6.10 Å². The van der Waals surface area contributed by atoms with Crippen LogP contribution < -0.4 is 9.47 Å². The molecule has 0 unspecified atom stereocenters. The third-order valence-electron chi connectivity index (χ3n) is 4.08. The first-order valence-electron chi connectivity index (χ1n) is 8.00. The topological polar surface area (TPSA) is 18.5 Å². The Bertz CT molecular complexity index is 657. The number of rotatable bonds is 5. The highest BCUT2D eigenvalue weighted by molar-refractivity contribution is 6.32. The number of hydrogen-bond donors (Lipinski definition) is 0. The van der Waals surface area contributed by atoms with E-state index in [0.717, 1.165) is 37.0 Å². The quantitative estimate of drug-likeness (QED) is 0.646. The number of hydrogen-bond acceptors (Lipinski definition) is 2. The van der Waals surface area contributed by atoms with Crippen LogP contribution in [0.2, 0.25) is 5.02 Å². The molecule has 0 N–H and O–H groups in total. The molecule has 1 fully saturated rings. The first-order chi connectivity index (χ1) is 11.2. The van der Waals surface area contributed by atoms with Crippen molar-refractivity contribution in [1.82, 2.24) is 0 Å². The molecule has 3 heteroatoms. The largest absolute Gasteiger partial charge is 0.490 e. The summed E-state index contributed by atoms with van der Waals surface area (Å²) >= 11 is 6.23. The molecule has 0 heterocycles. The molecule has 0 bridgehead atoms. The van der Waals surface area contributed by atoms with E-state index < -0.39 is 0 Å². The molecule has 0 aromatic heterocycles. The van der Waals surface area contributed by atoms with Gasteiger partial charge in [-0.3, -0.25) is 0 Å². The van der Waals surface area contributed by atoms with E-state index in [1.165, 1.54) is 5.57 Å². The lowest BCUT2D eigenvalue weighted by Crippen LogP contribution is -2.20. The average Bonchev–Trinajstić information content (AvgIpc) is 2.58. The van der Waals surface area contributed by atoms with Crippen molar-refractivity contribution < 1.29 is 9.47 Å². The summed E-state index contributed by atoms with van der Waals surface area (Å²) in [5.74, 6) is 1.48. The Hall–Kier alpha value is -1.93. The molecule has 1 aliphatic carbocycles. The summed E-state index contributed by atoms with van der Waals surface area (Å²) in [5.41, 5.74) is 2.44. The van der Waals surface area contributed by atoms with Crippen molar-refractivity contribution in [2.24, 2.45) is 0 Å². The van der Waals surface area contributed by atoms with E-state index in [4.69, 9.17) is 21.1 Å². The van der Waals surface area contributed by atoms with Gasteiger partial charge in [0.2, 0.25) is 0 Å². The van der Waals surface area contributed by atoms with Gasteiger partial charge in [-0.1, -0.05) is 54.1 Å². The van der Waals surface area contributed by atoms with Crippen LogP contribution in [0.5, 0.6) is 11.5 Å². The van der Waals surface area contributed by atoms with Crippen LogP contribution in [-0.4, -0.2) is 6.10 Å². The van der Waals surface area contributed by atoms with Gasteiger partial charge in [0, 0.05) is 6.07 Å². The average molecular weight is 329 g/mol. The zero-order valence-corrected chi connectivity index (χ0v) is 13.9. The number of ether oxygens (including phenoxy) is 2. The van der Waals surface area contributed by atoms with E-state index in [1.807, 2.05) is 48.5 Å². The Morgan fingerprint density at radius 2 is 1.78 bits per heavy atom. The molecule has 120 valence electrons. The van der Waals surface area contributed by atoms with Crippen LogP contribution in [0, 0.1) is 0 Å². The first kappa shape index (κ1) is 15.9. The lowest BCUT2D eigenvalue weighted by atomic mass is 9.94. The van der Waals surface area contributed by atoms with E-state index in [9.17, 15) is 0 Å². The van der Waals surface area contributed by atoms with E-state index in [0.29, 0.717) is 17.4 Å². The summed E-state index contributed by atoms with van der Waals surface area (Å²) in [7, 11) is 0. The lowest BCUT2D eigenvalue weighted by Gasteiger charge is -2.24. The van der Waals surface area contributed by atoms with Gasteiger partial charge in [-0.2, -0.15) is 0 Å². The summed E-state index contributed by atoms with van der Waals surface area (Å²) < 4.78 is 11.9. The van der Waals surface area contributed by atoms with Crippen LogP contribution in [0.3, 0.4) is 0 Å². The second kappa shape index (κ2) is 7.56. The van der Waals surface area contributed by atoms with Gasteiger partial charge >= 0.3 is 0 Å². The molecule has 2 aromatic rings. The van der Waals surface area contributed by atoms with Gasteiger partial charge in [0.25, 0.3) is 0 Å². The van der Waals surface area contributed by atoms with Gasteiger partial charge in [-0.15, -0.1) is 0 Å². The fourth-order valence-electron chi connectivity index (χ4n) is 2.71. The Morgan fingerprint density at radius 1 is 1.04 bits per heavy atom. The maximum absolute atomic E-state index is 6.23. The molecule has 0 radical (unpaired) electrons. The molecule has 0 saturated heterocycles. The highest BCUT2D eigenvalue weighted by atomic mass is 35.5. The number of halogens is 1. The highest BCUT2D eigenvalue weighted by Gasteiger charge is 2.17. The standard InChI is InChI=1S/C20H21ClO2/c1-15-7-9-17(10-8-15)23-18-11-12-19(21)20(13-18)22-14-16-5-3-2-4-6-16/h2-6,11-13,17H,1,7-10,14H2. The molecule has 0 atom stereocenters. The number of allylic oxidation sites excluding steroid dienone is 1. The van der Waals surface area contributed by atoms with Gasteiger partial charge in [0.15, 0.2) is 0 Å². The Labute approximate surface area is 142 Å². The summed E-state index contributed by atoms with van der Waals surface area (Å²) in [5, 5.41) is 0.602. The van der Waals surface area contributed by atoms with Crippen molar-refractivity contribution in [1.29, 1.82) is 0 Å². The van der Waals surface area contributed by atoms with Crippen LogP contribution >= 0.6 is 11.6 Å². The first-order valence-corrected chi connectivity index (χ1v) is 8.38. The van der Waals surface area contributed by atoms with Crippen molar-refractivity contribution in [3.05, 3.63) is 71.3 Å². The Morgan fingerprint density at radius 3 is 2.52 bits per heavy atom. The number of benzene rings is 2. The van der Waals surface area contributed by atoms with Gasteiger partial charge in [0.05, 0.1) is 11.1 Å². The fourth-order valence-corrected chi connectivity index (χ4v) is 2.88. The minimum Gasteiger partial charge on any atom is -0.490 e. The molecule has 1 saturated carbocycles. The minimum absolute atomic E-state index is 0.253. The molecule has 1 aliphatic rings. The molecule has 0 spiro atoms. The predicted octanol–water partition coefficient (Wildman–Crippen LogP) is 5.80. The van der Waals surface area contributed by atoms with Crippen molar-refractivity contribution in [2.45, 2.75) is 38.4 Å². The molecule has 2 aromatic carbocycles. The third kappa shape index (κ3) is 4.52. The van der Waals surface area contributed by atoms with Crippen molar-refractivity contribution in [2.75, 3.05) is 0 Å². The fraction of sp³-hybridized carbons (Fsp3) is 0.300. The highest BCUT2D eigenvalue weighted by Crippen LogP contribution is 2.32. The van der Waals surface area contributed by atoms with E-state index >= 15 is 0 Å². The van der Waals surface area contributed by atoms with Crippen LogP contribution in [0.1, 0.15) is 31.2 Å². The molecule has 3 rings (SSSR count). The molecule has 23 heavy (non-hydrogen) atoms. The molecule has 0 amide bonds. The van der Waals surface area contributed by atoms with Crippen molar-refractivity contribution in [3.63, 3.8) is 0 Å². The summed E-state index contributed by atoms with van der Waals surface area (Å²) in [4.78, 5) is 0. The van der Waals surface area contributed by atoms with Crippen LogP contribution in [0.25, 0.3) is 0 Å². The second-order valence-corrected chi connectivity index (χ2v) is 6.34. The molecule has 0 aliphatic heterocycles. The lowest BCUT2D eigenvalue weighted by molar-refractivity contribution is 0.168. The summed E-state index contributed by atoms with van der Waals surface area (Å²) in [6.45, 7) is 4.53. The van der Waals surface area contributed by atoms with E-state index in [2.05, 4.69) is 6.58 Å². The molecular formula is C20H21ClO2. The maximum Gasteiger partial charge on any atom is 0.142 e. The van der Waals surface area contributed by atoms with Gasteiger partial charge in [-0.25, -0.2) is 0 Å². The van der Waals surface area contributed by atoms with Crippen LogP contribution in [0.4, 0.5) is 0 Å². The summed E-state index contributed by atoms with van der Waals surface area (Å²) in [6.07, 6.45) is 4.41. The SMILES string of the molecule is C=C1CCC(Oc2ccc(Cl)c(OCc3ccccc3)c2)CC1. The van der Waals surface area contributed by atoms with Crippen LogP contribution in [-0.2, 0) is 6.61 Å². The zero-order valence-electron chi connectivity index (χ0n) is 13.1. The van der Waals surface area contributed by atoms with Gasteiger partial charge < -0.3 is 9.47 Å². The normalized spacial score (nSPS) is 15.4. The van der Waals surface area contributed by atoms with Crippen molar-refractivity contribution in [3.8, 4) is 11.5 Å². The Balaban J connectivity index is 1.63. The van der Waals surface area contributed by atoms with Gasteiger partial charge in [-0.05, 0) is 43.4 Å². The minimum atomic E-state index is 0.253. The second-order valence-electron chi connectivity index (χ2n) is 5.93. The third-order valence-corrected chi connectivity index (χ3v) is 4.39. The molecular weight excluding hydrogens is 308 g/mol.